The Morgan fingerprint density at radius 3 is 2.95 bits per heavy atom. The molecule has 2 unspecified atom stereocenters. The molecule has 4 nitrogen and oxygen atoms in total. The molecule has 1 aliphatic rings. The summed E-state index contributed by atoms with van der Waals surface area (Å²) in [5.74, 6) is 0.0639. The van der Waals surface area contributed by atoms with E-state index in [0.29, 0.717) is 13.1 Å². The van der Waals surface area contributed by atoms with Crippen LogP contribution in [-0.4, -0.2) is 47.8 Å². The first-order valence-electron chi connectivity index (χ1n) is 7.20. The van der Waals surface area contributed by atoms with Gasteiger partial charge in [-0.1, -0.05) is 13.3 Å². The zero-order valence-corrected chi connectivity index (χ0v) is 13.2. The molecule has 0 spiro atoms. The molecule has 1 aromatic heterocycles. The molecule has 0 bridgehead atoms. The lowest BCUT2D eigenvalue weighted by atomic mass is 10.1. The number of hydrogen-bond acceptors (Lipinski definition) is 4. The first-order valence-corrected chi connectivity index (χ1v) is 8.01. The number of amides is 1. The number of nitrogens with zero attached hydrogens (tertiary/aromatic N) is 1. The molecule has 1 saturated heterocycles. The Labute approximate surface area is 124 Å². The third-order valence-corrected chi connectivity index (χ3v) is 4.65. The minimum absolute atomic E-state index is 0.0268. The van der Waals surface area contributed by atoms with Gasteiger partial charge in [0, 0.05) is 18.0 Å². The number of thiophene rings is 1. The zero-order chi connectivity index (χ0) is 14.7. The van der Waals surface area contributed by atoms with Crippen molar-refractivity contribution in [2.75, 3.05) is 19.7 Å². The molecule has 0 aromatic carbocycles. The Morgan fingerprint density at radius 1 is 1.55 bits per heavy atom. The van der Waals surface area contributed by atoms with Gasteiger partial charge in [0.2, 0.25) is 0 Å². The van der Waals surface area contributed by atoms with E-state index >= 15 is 0 Å². The molecule has 2 heterocycles. The van der Waals surface area contributed by atoms with Crippen LogP contribution in [0, 0.1) is 6.92 Å². The molecular formula is C15H23NO3S. The van der Waals surface area contributed by atoms with Crippen LogP contribution in [-0.2, 0) is 11.2 Å². The summed E-state index contributed by atoms with van der Waals surface area (Å²) in [5, 5.41) is 9.24. The van der Waals surface area contributed by atoms with E-state index in [1.54, 1.807) is 16.2 Å². The van der Waals surface area contributed by atoms with E-state index in [1.165, 1.54) is 10.4 Å². The van der Waals surface area contributed by atoms with E-state index in [-0.39, 0.29) is 24.7 Å². The fourth-order valence-electron chi connectivity index (χ4n) is 2.61. The van der Waals surface area contributed by atoms with Crippen LogP contribution < -0.4 is 0 Å². The molecular weight excluding hydrogens is 274 g/mol. The monoisotopic (exact) mass is 297 g/mol. The van der Waals surface area contributed by atoms with E-state index in [1.807, 2.05) is 13.0 Å². The lowest BCUT2D eigenvalue weighted by Gasteiger charge is -2.35. The Kier molecular flexibility index (Phi) is 5.18. The van der Waals surface area contributed by atoms with Crippen LogP contribution in [0.15, 0.2) is 6.07 Å². The van der Waals surface area contributed by atoms with Crippen molar-refractivity contribution < 1.29 is 14.6 Å². The summed E-state index contributed by atoms with van der Waals surface area (Å²) >= 11 is 1.57. The van der Waals surface area contributed by atoms with Crippen LogP contribution in [0.2, 0.25) is 0 Å². The van der Waals surface area contributed by atoms with Crippen molar-refractivity contribution in [3.8, 4) is 0 Å². The van der Waals surface area contributed by atoms with Gasteiger partial charge in [-0.05, 0) is 31.9 Å². The summed E-state index contributed by atoms with van der Waals surface area (Å²) in [6.45, 7) is 7.18. The van der Waals surface area contributed by atoms with Gasteiger partial charge >= 0.3 is 0 Å². The summed E-state index contributed by atoms with van der Waals surface area (Å²) in [5.41, 5.74) is 1.28. The quantitative estimate of drug-likeness (QED) is 0.927. The van der Waals surface area contributed by atoms with Gasteiger partial charge < -0.3 is 14.7 Å². The predicted octanol–water partition coefficient (Wildman–Crippen LogP) is 2.23. The Hall–Kier alpha value is -0.910. The summed E-state index contributed by atoms with van der Waals surface area (Å²) in [6.07, 6.45) is 1.82. The fraction of sp³-hybridized carbons (Fsp3) is 0.667. The predicted molar refractivity (Wildman–Crippen MR) is 80.4 cm³/mol. The van der Waals surface area contributed by atoms with Crippen LogP contribution in [0.25, 0.3) is 0 Å². The molecule has 0 saturated carbocycles. The van der Waals surface area contributed by atoms with Crippen molar-refractivity contribution in [1.82, 2.24) is 4.90 Å². The van der Waals surface area contributed by atoms with Crippen LogP contribution in [0.4, 0.5) is 0 Å². The van der Waals surface area contributed by atoms with Crippen LogP contribution >= 0.6 is 11.3 Å². The minimum atomic E-state index is -0.265. The Morgan fingerprint density at radius 2 is 2.30 bits per heavy atom. The SMILES string of the molecule is CCCc1cc(C(=O)N2CC(C)OC(CO)C2)sc1C. The minimum Gasteiger partial charge on any atom is -0.394 e. The topological polar surface area (TPSA) is 49.8 Å². The molecule has 0 aliphatic carbocycles. The largest absolute Gasteiger partial charge is 0.394 e. The molecule has 1 aromatic rings. The van der Waals surface area contributed by atoms with Crippen molar-refractivity contribution in [2.45, 2.75) is 45.8 Å². The number of aryl methyl sites for hydroxylation is 2. The highest BCUT2D eigenvalue weighted by molar-refractivity contribution is 7.14. The lowest BCUT2D eigenvalue weighted by molar-refractivity contribution is -0.0857. The maximum Gasteiger partial charge on any atom is 0.264 e. The maximum atomic E-state index is 12.6. The van der Waals surface area contributed by atoms with E-state index < -0.39 is 0 Å². The first kappa shape index (κ1) is 15.5. The molecule has 0 radical (unpaired) electrons. The second-order valence-corrected chi connectivity index (χ2v) is 6.66. The standard InChI is InChI=1S/C15H23NO3S/c1-4-5-12-6-14(20-11(12)3)15(18)16-7-10(2)19-13(8-16)9-17/h6,10,13,17H,4-5,7-9H2,1-3H3. The molecule has 5 heteroatoms. The fourth-order valence-corrected chi connectivity index (χ4v) is 3.65. The number of aliphatic hydroxyl groups is 1. The van der Waals surface area contributed by atoms with E-state index in [2.05, 4.69) is 13.8 Å². The van der Waals surface area contributed by atoms with E-state index in [9.17, 15) is 9.90 Å². The second kappa shape index (κ2) is 6.70. The molecule has 1 fully saturated rings. The molecule has 2 atom stereocenters. The molecule has 112 valence electrons. The van der Waals surface area contributed by atoms with Crippen molar-refractivity contribution in [1.29, 1.82) is 0 Å². The molecule has 2 rings (SSSR count). The van der Waals surface area contributed by atoms with Crippen molar-refractivity contribution in [2.24, 2.45) is 0 Å². The van der Waals surface area contributed by atoms with Crippen LogP contribution in [0.3, 0.4) is 0 Å². The van der Waals surface area contributed by atoms with Crippen LogP contribution in [0.5, 0.6) is 0 Å². The average molecular weight is 297 g/mol. The third-order valence-electron chi connectivity index (χ3n) is 3.57. The van der Waals surface area contributed by atoms with Crippen LogP contribution in [0.1, 0.15) is 40.4 Å². The molecule has 20 heavy (non-hydrogen) atoms. The zero-order valence-electron chi connectivity index (χ0n) is 12.4. The Balaban J connectivity index is 2.12. The number of ether oxygens (including phenoxy) is 1. The van der Waals surface area contributed by atoms with Gasteiger partial charge in [0.1, 0.15) is 0 Å². The number of aliphatic hydroxyl groups excluding tert-OH is 1. The molecule has 1 N–H and O–H groups in total. The van der Waals surface area contributed by atoms with Gasteiger partial charge in [0.15, 0.2) is 0 Å². The van der Waals surface area contributed by atoms with E-state index in [4.69, 9.17) is 4.74 Å². The highest BCUT2D eigenvalue weighted by Crippen LogP contribution is 2.25. The van der Waals surface area contributed by atoms with Gasteiger partial charge in [-0.15, -0.1) is 11.3 Å². The second-order valence-electron chi connectivity index (χ2n) is 5.40. The smallest absolute Gasteiger partial charge is 0.264 e. The lowest BCUT2D eigenvalue weighted by Crippen LogP contribution is -2.50. The molecule has 1 amide bonds. The summed E-state index contributed by atoms with van der Waals surface area (Å²) in [6, 6.07) is 2.03. The normalized spacial score (nSPS) is 23.1. The average Bonchev–Trinajstić information content (AvgIpc) is 2.79. The van der Waals surface area contributed by atoms with Gasteiger partial charge in [0.25, 0.3) is 5.91 Å². The van der Waals surface area contributed by atoms with Gasteiger partial charge in [0.05, 0.1) is 23.7 Å². The molecule has 1 aliphatic heterocycles. The number of rotatable bonds is 4. The number of carbonyl (C=O) groups is 1. The summed E-state index contributed by atoms with van der Waals surface area (Å²) in [4.78, 5) is 16.4. The number of hydrogen-bond donors (Lipinski definition) is 1. The van der Waals surface area contributed by atoms with E-state index in [0.717, 1.165) is 17.7 Å². The Bertz CT molecular complexity index is 472. The van der Waals surface area contributed by atoms with Crippen molar-refractivity contribution in [3.05, 3.63) is 21.4 Å². The van der Waals surface area contributed by atoms with Gasteiger partial charge in [-0.2, -0.15) is 0 Å². The van der Waals surface area contributed by atoms with Gasteiger partial charge in [-0.3, -0.25) is 4.79 Å². The number of morpholine rings is 1. The third kappa shape index (κ3) is 3.40. The number of carbonyl (C=O) groups excluding carboxylic acids is 1. The summed E-state index contributed by atoms with van der Waals surface area (Å²) in [7, 11) is 0. The highest BCUT2D eigenvalue weighted by Gasteiger charge is 2.29. The van der Waals surface area contributed by atoms with Gasteiger partial charge in [-0.25, -0.2) is 0 Å². The first-order chi connectivity index (χ1) is 9.55. The van der Waals surface area contributed by atoms with Crippen molar-refractivity contribution in [3.63, 3.8) is 0 Å². The van der Waals surface area contributed by atoms with Crippen molar-refractivity contribution >= 4 is 17.2 Å². The summed E-state index contributed by atoms with van der Waals surface area (Å²) < 4.78 is 5.58. The maximum absolute atomic E-state index is 12.6. The highest BCUT2D eigenvalue weighted by atomic mass is 32.1.